The molecule has 0 aliphatic carbocycles. The van der Waals surface area contributed by atoms with Crippen molar-refractivity contribution < 1.29 is 10.2 Å². The summed E-state index contributed by atoms with van der Waals surface area (Å²) in [6.45, 7) is 5.30. The number of hydrogen-bond acceptors (Lipinski definition) is 3. The number of nitrogens with two attached hydrogens (primary N) is 1. The predicted octanol–water partition coefficient (Wildman–Crippen LogP) is 1.39. The van der Waals surface area contributed by atoms with Gasteiger partial charge in [-0.1, -0.05) is 12.1 Å². The van der Waals surface area contributed by atoms with Crippen LogP contribution in [0.1, 0.15) is 29.7 Å². The van der Waals surface area contributed by atoms with Crippen molar-refractivity contribution in [1.82, 2.24) is 0 Å². The monoisotopic (exact) mass is 195 g/mol. The van der Waals surface area contributed by atoms with Gasteiger partial charge in [-0.2, -0.15) is 0 Å². The van der Waals surface area contributed by atoms with E-state index in [4.69, 9.17) is 5.73 Å². The summed E-state index contributed by atoms with van der Waals surface area (Å²) in [4.78, 5) is 0. The van der Waals surface area contributed by atoms with Crippen LogP contribution in [-0.4, -0.2) is 16.3 Å². The van der Waals surface area contributed by atoms with Gasteiger partial charge in [0.05, 0.1) is 12.1 Å². The summed E-state index contributed by atoms with van der Waals surface area (Å²) in [7, 11) is 0. The first kappa shape index (κ1) is 11.0. The van der Waals surface area contributed by atoms with Crippen LogP contribution in [0.5, 0.6) is 5.75 Å². The van der Waals surface area contributed by atoms with Crippen LogP contribution < -0.4 is 5.73 Å². The lowest BCUT2D eigenvalue weighted by Crippen LogP contribution is -2.23. The summed E-state index contributed by atoms with van der Waals surface area (Å²) in [5, 5.41) is 18.9. The third kappa shape index (κ3) is 2.05. The lowest BCUT2D eigenvalue weighted by Gasteiger charge is -2.17. The Hall–Kier alpha value is -1.06. The molecule has 0 spiro atoms. The van der Waals surface area contributed by atoms with Gasteiger partial charge in [-0.3, -0.25) is 0 Å². The Morgan fingerprint density at radius 1 is 1.21 bits per heavy atom. The second-order valence-electron chi connectivity index (χ2n) is 3.77. The molecule has 1 aromatic rings. The summed E-state index contributed by atoms with van der Waals surface area (Å²) < 4.78 is 0. The summed E-state index contributed by atoms with van der Waals surface area (Å²) in [6.07, 6.45) is -0.585. The maximum absolute atomic E-state index is 9.55. The highest BCUT2D eigenvalue weighted by Crippen LogP contribution is 2.26. The van der Waals surface area contributed by atoms with Crippen molar-refractivity contribution >= 4 is 0 Å². The smallest absolute Gasteiger partial charge is 0.121 e. The SMILES string of the molecule is Cc1cc([C@H](N)C(C)O)cc(C)c1O. The molecular weight excluding hydrogens is 178 g/mol. The molecule has 0 aliphatic rings. The summed E-state index contributed by atoms with van der Waals surface area (Å²) in [5.74, 6) is 0.298. The molecule has 0 aromatic heterocycles. The van der Waals surface area contributed by atoms with E-state index < -0.39 is 12.1 Å². The highest BCUT2D eigenvalue weighted by atomic mass is 16.3. The molecule has 2 atom stereocenters. The highest BCUT2D eigenvalue weighted by molar-refractivity contribution is 5.43. The van der Waals surface area contributed by atoms with Gasteiger partial charge in [0.1, 0.15) is 5.75 Å². The minimum absolute atomic E-state index is 0.298. The minimum Gasteiger partial charge on any atom is -0.507 e. The fourth-order valence-electron chi connectivity index (χ4n) is 1.46. The molecule has 1 unspecified atom stereocenters. The van der Waals surface area contributed by atoms with E-state index >= 15 is 0 Å². The number of aliphatic hydroxyl groups excluding tert-OH is 1. The van der Waals surface area contributed by atoms with Gasteiger partial charge < -0.3 is 15.9 Å². The fraction of sp³-hybridized carbons (Fsp3) is 0.455. The number of aliphatic hydroxyl groups is 1. The lowest BCUT2D eigenvalue weighted by molar-refractivity contribution is 0.164. The summed E-state index contributed by atoms with van der Waals surface area (Å²) >= 11 is 0. The zero-order chi connectivity index (χ0) is 10.9. The van der Waals surface area contributed by atoms with Crippen LogP contribution >= 0.6 is 0 Å². The fourth-order valence-corrected chi connectivity index (χ4v) is 1.46. The van der Waals surface area contributed by atoms with Gasteiger partial charge in [0.2, 0.25) is 0 Å². The topological polar surface area (TPSA) is 66.5 Å². The molecule has 0 fully saturated rings. The Kier molecular flexibility index (Phi) is 3.13. The quantitative estimate of drug-likeness (QED) is 0.668. The zero-order valence-electron chi connectivity index (χ0n) is 8.78. The second kappa shape index (κ2) is 3.98. The third-order valence-corrected chi connectivity index (χ3v) is 2.42. The second-order valence-corrected chi connectivity index (χ2v) is 3.77. The molecule has 78 valence electrons. The first-order valence-electron chi connectivity index (χ1n) is 4.67. The van der Waals surface area contributed by atoms with E-state index in [0.717, 1.165) is 16.7 Å². The van der Waals surface area contributed by atoms with Crippen LogP contribution in [0.25, 0.3) is 0 Å². The number of phenolic OH excluding ortho intramolecular Hbond substituents is 1. The molecule has 4 N–H and O–H groups in total. The first-order valence-corrected chi connectivity index (χ1v) is 4.67. The van der Waals surface area contributed by atoms with E-state index in [1.807, 2.05) is 13.8 Å². The van der Waals surface area contributed by atoms with Gasteiger partial charge in [-0.25, -0.2) is 0 Å². The van der Waals surface area contributed by atoms with E-state index in [2.05, 4.69) is 0 Å². The predicted molar refractivity (Wildman–Crippen MR) is 56.2 cm³/mol. The van der Waals surface area contributed by atoms with Crippen LogP contribution in [-0.2, 0) is 0 Å². The van der Waals surface area contributed by atoms with Crippen LogP contribution in [0.2, 0.25) is 0 Å². The average molecular weight is 195 g/mol. The van der Waals surface area contributed by atoms with Crippen LogP contribution in [0.15, 0.2) is 12.1 Å². The number of aromatic hydroxyl groups is 1. The van der Waals surface area contributed by atoms with Gasteiger partial charge in [-0.15, -0.1) is 0 Å². The standard InChI is InChI=1S/C11H17NO2/c1-6-4-9(10(12)8(3)13)5-7(2)11(6)14/h4-5,8,10,13-14H,12H2,1-3H3/t8?,10-/m1/s1. The molecule has 0 saturated carbocycles. The molecule has 0 radical (unpaired) electrons. The maximum Gasteiger partial charge on any atom is 0.121 e. The van der Waals surface area contributed by atoms with Crippen molar-refractivity contribution in [1.29, 1.82) is 0 Å². The van der Waals surface area contributed by atoms with E-state index in [9.17, 15) is 10.2 Å². The third-order valence-electron chi connectivity index (χ3n) is 2.42. The molecule has 14 heavy (non-hydrogen) atoms. The average Bonchev–Trinajstić information content (AvgIpc) is 2.12. The molecule has 0 bridgehead atoms. The van der Waals surface area contributed by atoms with Crippen LogP contribution in [0, 0.1) is 13.8 Å². The maximum atomic E-state index is 9.55. The Bertz CT molecular complexity index is 311. The Morgan fingerprint density at radius 3 is 2.00 bits per heavy atom. The first-order chi connectivity index (χ1) is 6.43. The van der Waals surface area contributed by atoms with Crippen molar-refractivity contribution in [2.24, 2.45) is 5.73 Å². The van der Waals surface area contributed by atoms with Crippen molar-refractivity contribution in [3.8, 4) is 5.75 Å². The minimum atomic E-state index is -0.585. The lowest BCUT2D eigenvalue weighted by atomic mass is 9.98. The Morgan fingerprint density at radius 2 is 1.64 bits per heavy atom. The van der Waals surface area contributed by atoms with Gasteiger partial charge in [0.15, 0.2) is 0 Å². The van der Waals surface area contributed by atoms with E-state index in [1.165, 1.54) is 0 Å². The molecule has 0 aliphatic heterocycles. The van der Waals surface area contributed by atoms with E-state index in [-0.39, 0.29) is 0 Å². The largest absolute Gasteiger partial charge is 0.507 e. The number of rotatable bonds is 2. The van der Waals surface area contributed by atoms with Gasteiger partial charge in [0, 0.05) is 0 Å². The Balaban J connectivity index is 3.12. The molecule has 0 saturated heterocycles. The Labute approximate surface area is 84.2 Å². The zero-order valence-corrected chi connectivity index (χ0v) is 8.78. The number of aryl methyl sites for hydroxylation is 2. The molecule has 0 amide bonds. The molecule has 1 rings (SSSR count). The van der Waals surface area contributed by atoms with Crippen molar-refractivity contribution in [2.75, 3.05) is 0 Å². The van der Waals surface area contributed by atoms with Gasteiger partial charge in [0.25, 0.3) is 0 Å². The van der Waals surface area contributed by atoms with Crippen LogP contribution in [0.4, 0.5) is 0 Å². The molecule has 0 heterocycles. The van der Waals surface area contributed by atoms with Gasteiger partial charge in [-0.05, 0) is 37.5 Å². The number of benzene rings is 1. The number of phenols is 1. The summed E-state index contributed by atoms with van der Waals surface area (Å²) in [6, 6.07) is 3.22. The number of hydrogen-bond donors (Lipinski definition) is 3. The van der Waals surface area contributed by atoms with E-state index in [1.54, 1.807) is 19.1 Å². The highest BCUT2D eigenvalue weighted by Gasteiger charge is 2.14. The van der Waals surface area contributed by atoms with Gasteiger partial charge >= 0.3 is 0 Å². The molecule has 1 aromatic carbocycles. The van der Waals surface area contributed by atoms with Crippen LogP contribution in [0.3, 0.4) is 0 Å². The molecule has 3 heteroatoms. The molecule has 3 nitrogen and oxygen atoms in total. The normalized spacial score (nSPS) is 15.2. The van der Waals surface area contributed by atoms with Crippen molar-refractivity contribution in [3.05, 3.63) is 28.8 Å². The van der Waals surface area contributed by atoms with Crippen molar-refractivity contribution in [3.63, 3.8) is 0 Å². The van der Waals surface area contributed by atoms with Crippen molar-refractivity contribution in [2.45, 2.75) is 32.9 Å². The van der Waals surface area contributed by atoms with E-state index in [0.29, 0.717) is 5.75 Å². The summed E-state index contributed by atoms with van der Waals surface area (Å²) in [5.41, 5.74) is 8.22. The molecular formula is C11H17NO2.